The molecule has 6 heteroatoms. The summed E-state index contributed by atoms with van der Waals surface area (Å²) in [5.41, 5.74) is 2.65. The van der Waals surface area contributed by atoms with E-state index in [1.54, 1.807) is 36.5 Å². The van der Waals surface area contributed by atoms with Crippen molar-refractivity contribution >= 4 is 21.5 Å². The number of rotatable bonds is 7. The van der Waals surface area contributed by atoms with E-state index >= 15 is 0 Å². The number of aryl methyl sites for hydroxylation is 1. The Bertz CT molecular complexity index is 1000. The highest BCUT2D eigenvalue weighted by Crippen LogP contribution is 2.21. The molecular formula is C22H25N3O2S. The Kier molecular flexibility index (Phi) is 5.99. The Hall–Kier alpha value is -2.86. The summed E-state index contributed by atoms with van der Waals surface area (Å²) in [5.74, 6) is 0.803. The van der Waals surface area contributed by atoms with Gasteiger partial charge in [-0.05, 0) is 50.6 Å². The molecule has 0 atom stereocenters. The van der Waals surface area contributed by atoms with Gasteiger partial charge in [-0.2, -0.15) is 0 Å². The first kappa shape index (κ1) is 19.9. The highest BCUT2D eigenvalue weighted by atomic mass is 32.2. The lowest BCUT2D eigenvalue weighted by Crippen LogP contribution is -2.30. The summed E-state index contributed by atoms with van der Waals surface area (Å²) in [5, 5.41) is 0. The average molecular weight is 396 g/mol. The summed E-state index contributed by atoms with van der Waals surface area (Å²) in [6.45, 7) is 6.87. The Labute approximate surface area is 167 Å². The number of hydrogen-bond donors (Lipinski definition) is 1. The first-order valence-corrected chi connectivity index (χ1v) is 10.7. The van der Waals surface area contributed by atoms with E-state index in [-0.39, 0.29) is 10.9 Å². The Morgan fingerprint density at radius 2 is 1.64 bits per heavy atom. The third-order valence-corrected chi connectivity index (χ3v) is 5.84. The number of sulfonamides is 1. The van der Waals surface area contributed by atoms with Gasteiger partial charge in [0.25, 0.3) is 10.0 Å². The molecule has 5 nitrogen and oxygen atoms in total. The molecule has 2 aromatic carbocycles. The molecule has 0 aliphatic heterocycles. The van der Waals surface area contributed by atoms with Crippen molar-refractivity contribution in [2.24, 2.45) is 0 Å². The summed E-state index contributed by atoms with van der Waals surface area (Å²) >= 11 is 0. The van der Waals surface area contributed by atoms with E-state index in [9.17, 15) is 8.42 Å². The maximum atomic E-state index is 12.5. The van der Waals surface area contributed by atoms with Gasteiger partial charge in [0.15, 0.2) is 0 Å². The number of aromatic nitrogens is 1. The van der Waals surface area contributed by atoms with Crippen LogP contribution < -0.4 is 9.62 Å². The SMILES string of the molecule is Cc1ccc(S(=O)(=O)Nc2ccc(N(Cc3ccccc3)C(C)C)nc2)cc1. The number of nitrogens with one attached hydrogen (secondary N) is 1. The molecule has 0 amide bonds. The van der Waals surface area contributed by atoms with Crippen LogP contribution in [0.5, 0.6) is 0 Å². The van der Waals surface area contributed by atoms with Gasteiger partial charge in [0.05, 0.1) is 16.8 Å². The molecular weight excluding hydrogens is 370 g/mol. The fourth-order valence-electron chi connectivity index (χ4n) is 2.86. The number of benzene rings is 2. The van der Waals surface area contributed by atoms with E-state index in [4.69, 9.17) is 0 Å². The van der Waals surface area contributed by atoms with Crippen molar-refractivity contribution in [2.75, 3.05) is 9.62 Å². The molecule has 1 N–H and O–H groups in total. The second-order valence-electron chi connectivity index (χ2n) is 7.03. The lowest BCUT2D eigenvalue weighted by atomic mass is 10.2. The van der Waals surface area contributed by atoms with E-state index < -0.39 is 10.0 Å². The minimum absolute atomic E-state index is 0.232. The third-order valence-electron chi connectivity index (χ3n) is 4.44. The fourth-order valence-corrected chi connectivity index (χ4v) is 3.90. The second-order valence-corrected chi connectivity index (χ2v) is 8.71. The predicted octanol–water partition coefficient (Wildman–Crippen LogP) is 4.61. The molecule has 0 saturated heterocycles. The Morgan fingerprint density at radius 3 is 2.21 bits per heavy atom. The van der Waals surface area contributed by atoms with Crippen molar-refractivity contribution in [3.05, 3.63) is 84.1 Å². The Balaban J connectivity index is 1.77. The molecule has 0 aliphatic carbocycles. The molecule has 28 heavy (non-hydrogen) atoms. The van der Waals surface area contributed by atoms with Gasteiger partial charge in [0, 0.05) is 12.6 Å². The zero-order valence-electron chi connectivity index (χ0n) is 16.3. The van der Waals surface area contributed by atoms with Crippen LogP contribution in [0.2, 0.25) is 0 Å². The van der Waals surface area contributed by atoms with E-state index in [1.807, 2.05) is 31.2 Å². The van der Waals surface area contributed by atoms with Gasteiger partial charge in [-0.1, -0.05) is 48.0 Å². The van der Waals surface area contributed by atoms with Gasteiger partial charge in [-0.15, -0.1) is 0 Å². The maximum absolute atomic E-state index is 12.5. The normalized spacial score (nSPS) is 11.4. The van der Waals surface area contributed by atoms with Gasteiger partial charge in [-0.3, -0.25) is 4.72 Å². The van der Waals surface area contributed by atoms with Crippen LogP contribution in [0.3, 0.4) is 0 Å². The van der Waals surface area contributed by atoms with Gasteiger partial charge in [0.1, 0.15) is 5.82 Å². The monoisotopic (exact) mass is 395 g/mol. The lowest BCUT2D eigenvalue weighted by Gasteiger charge is -2.28. The summed E-state index contributed by atoms with van der Waals surface area (Å²) in [6, 6.07) is 20.8. The van der Waals surface area contributed by atoms with Crippen molar-refractivity contribution in [3.63, 3.8) is 0 Å². The largest absolute Gasteiger partial charge is 0.350 e. The van der Waals surface area contributed by atoms with Crippen LogP contribution in [0.15, 0.2) is 77.8 Å². The summed E-state index contributed by atoms with van der Waals surface area (Å²) in [6.07, 6.45) is 1.56. The number of anilines is 2. The molecule has 0 radical (unpaired) electrons. The van der Waals surface area contributed by atoms with Gasteiger partial charge in [-0.25, -0.2) is 13.4 Å². The van der Waals surface area contributed by atoms with Crippen LogP contribution in [-0.2, 0) is 16.6 Å². The standard InChI is InChI=1S/C22H25N3O2S/c1-17(2)25(16-19-7-5-4-6-8-19)22-14-11-20(15-23-22)24-28(26,27)21-12-9-18(3)10-13-21/h4-15,17,24H,16H2,1-3H3. The second kappa shape index (κ2) is 8.44. The van der Waals surface area contributed by atoms with Crippen molar-refractivity contribution in [1.29, 1.82) is 0 Å². The van der Waals surface area contributed by atoms with Gasteiger partial charge < -0.3 is 4.90 Å². The molecule has 0 saturated carbocycles. The maximum Gasteiger partial charge on any atom is 0.261 e. The zero-order chi connectivity index (χ0) is 20.1. The van der Waals surface area contributed by atoms with Crippen molar-refractivity contribution in [1.82, 2.24) is 4.98 Å². The zero-order valence-corrected chi connectivity index (χ0v) is 17.1. The molecule has 3 aromatic rings. The van der Waals surface area contributed by atoms with Crippen LogP contribution >= 0.6 is 0 Å². The van der Waals surface area contributed by atoms with Crippen LogP contribution in [0, 0.1) is 6.92 Å². The van der Waals surface area contributed by atoms with Crippen molar-refractivity contribution in [3.8, 4) is 0 Å². The highest BCUT2D eigenvalue weighted by molar-refractivity contribution is 7.92. The summed E-state index contributed by atoms with van der Waals surface area (Å²) in [4.78, 5) is 6.89. The number of nitrogens with zero attached hydrogens (tertiary/aromatic N) is 2. The molecule has 146 valence electrons. The van der Waals surface area contributed by atoms with Crippen LogP contribution in [0.25, 0.3) is 0 Å². The first-order valence-electron chi connectivity index (χ1n) is 9.21. The number of pyridine rings is 1. The molecule has 0 spiro atoms. The fraction of sp³-hybridized carbons (Fsp3) is 0.227. The Morgan fingerprint density at radius 1 is 0.964 bits per heavy atom. The third kappa shape index (κ3) is 4.89. The molecule has 0 bridgehead atoms. The molecule has 0 fully saturated rings. The minimum atomic E-state index is -3.63. The van der Waals surface area contributed by atoms with Gasteiger partial charge in [0.2, 0.25) is 0 Å². The van der Waals surface area contributed by atoms with Crippen molar-refractivity contribution in [2.45, 2.75) is 38.3 Å². The van der Waals surface area contributed by atoms with Gasteiger partial charge >= 0.3 is 0 Å². The van der Waals surface area contributed by atoms with Crippen LogP contribution in [-0.4, -0.2) is 19.4 Å². The number of hydrogen-bond acceptors (Lipinski definition) is 4. The average Bonchev–Trinajstić information content (AvgIpc) is 2.67. The van der Waals surface area contributed by atoms with E-state index in [2.05, 4.69) is 40.6 Å². The smallest absolute Gasteiger partial charge is 0.261 e. The van der Waals surface area contributed by atoms with Crippen LogP contribution in [0.1, 0.15) is 25.0 Å². The molecule has 0 unspecified atom stereocenters. The summed E-state index contributed by atoms with van der Waals surface area (Å²) in [7, 11) is -3.63. The molecule has 1 aromatic heterocycles. The topological polar surface area (TPSA) is 62.3 Å². The van der Waals surface area contributed by atoms with E-state index in [1.165, 1.54) is 5.56 Å². The summed E-state index contributed by atoms with van der Waals surface area (Å²) < 4.78 is 27.7. The minimum Gasteiger partial charge on any atom is -0.350 e. The van der Waals surface area contributed by atoms with Crippen LogP contribution in [0.4, 0.5) is 11.5 Å². The predicted molar refractivity (Wildman–Crippen MR) is 114 cm³/mol. The highest BCUT2D eigenvalue weighted by Gasteiger charge is 2.16. The molecule has 0 aliphatic rings. The molecule has 1 heterocycles. The van der Waals surface area contributed by atoms with Crippen molar-refractivity contribution < 1.29 is 8.42 Å². The van der Waals surface area contributed by atoms with E-state index in [0.29, 0.717) is 5.69 Å². The van der Waals surface area contributed by atoms with E-state index in [0.717, 1.165) is 17.9 Å². The first-order chi connectivity index (χ1) is 13.3. The lowest BCUT2D eigenvalue weighted by molar-refractivity contribution is 0.601. The quantitative estimate of drug-likeness (QED) is 0.635. The molecule has 3 rings (SSSR count).